The van der Waals surface area contributed by atoms with Crippen LogP contribution in [-0.2, 0) is 0 Å². The van der Waals surface area contributed by atoms with Gasteiger partial charge >= 0.3 is 0 Å². The summed E-state index contributed by atoms with van der Waals surface area (Å²) in [5.74, 6) is -1.84. The number of rotatable bonds is 1. The fraction of sp³-hybridized carbons (Fsp3) is 1.00. The highest BCUT2D eigenvalue weighted by atomic mass is 28.1. The van der Waals surface area contributed by atoms with Crippen LogP contribution in [0, 0.1) is 0 Å². The maximum atomic E-state index is 11.1. The molecule has 0 N–H and O–H groups in total. The molecule has 0 nitrogen and oxygen atoms in total. The summed E-state index contributed by atoms with van der Waals surface area (Å²) >= 11 is 0. The Hall–Kier alpha value is 0.00688. The van der Waals surface area contributed by atoms with Crippen LogP contribution in [-0.4, -0.2) is 22.5 Å². The van der Waals surface area contributed by atoms with E-state index < -0.39 is 12.2 Å². The molecule has 0 aliphatic rings. The number of hydrogen-bond donors (Lipinski definition) is 0. The summed E-state index contributed by atoms with van der Waals surface area (Å²) in [5.41, 5.74) is 0. The van der Waals surface area contributed by atoms with Gasteiger partial charge < -0.3 is 0 Å². The Bertz CT molecular complexity index is 29.8. The Morgan fingerprint density at radius 2 is 1.33 bits per heavy atom. The molecule has 1 unspecified atom stereocenters. The summed E-state index contributed by atoms with van der Waals surface area (Å²) in [6, 6.07) is 0. The Morgan fingerprint density at radius 3 is 1.33 bits per heavy atom. The molecule has 0 radical (unpaired) electrons. The molecule has 0 rings (SSSR count). The first-order valence-electron chi connectivity index (χ1n) is 1.57. The highest BCUT2D eigenvalue weighted by molar-refractivity contribution is 6.11. The molecule has 0 saturated carbocycles. The van der Waals surface area contributed by atoms with Crippen LogP contribution in [0.3, 0.4) is 0 Å². The van der Waals surface area contributed by atoms with E-state index in [4.69, 9.17) is 0 Å². The molecule has 0 spiro atoms. The summed E-state index contributed by atoms with van der Waals surface area (Å²) in [6.45, 7) is 0. The second kappa shape index (κ2) is 2.23. The minimum absolute atomic E-state index is 0.0633. The highest BCUT2D eigenvalue weighted by Crippen LogP contribution is 1.98. The van der Waals surface area contributed by atoms with Crippen LogP contribution in [0.4, 0.5) is 13.2 Å². The number of halogens is 3. The van der Waals surface area contributed by atoms with E-state index in [1.807, 2.05) is 0 Å². The molecule has 38 valence electrons. The van der Waals surface area contributed by atoms with Crippen molar-refractivity contribution in [2.75, 3.05) is 0 Å². The minimum atomic E-state index is -2.75. The molecule has 0 bridgehead atoms. The maximum Gasteiger partial charge on any atom is 0.265 e. The molecule has 0 aromatic rings. The third-order valence-corrected chi connectivity index (χ3v) is 0.851. The molecule has 0 aromatic heterocycles. The first-order chi connectivity index (χ1) is 2.64. The normalized spacial score (nSPS) is 16.0. The van der Waals surface area contributed by atoms with Gasteiger partial charge in [0, 0.05) is 0 Å². The standard InChI is InChI=1S/C2H5F3Si/c3-1(4)2(5)6/h1-2H,6H3. The van der Waals surface area contributed by atoms with Crippen LogP contribution >= 0.6 is 0 Å². The predicted octanol–water partition coefficient (Wildman–Crippen LogP) is -0.0875. The largest absolute Gasteiger partial charge is 0.265 e. The maximum absolute atomic E-state index is 11.1. The number of alkyl halides is 3. The Balaban J connectivity index is 2.99. The van der Waals surface area contributed by atoms with E-state index in [0.717, 1.165) is 0 Å². The van der Waals surface area contributed by atoms with E-state index in [0.29, 0.717) is 0 Å². The third kappa shape index (κ3) is 2.26. The predicted molar refractivity (Wildman–Crippen MR) is 20.8 cm³/mol. The summed E-state index contributed by atoms with van der Waals surface area (Å²) in [6.07, 6.45) is -2.75. The fourth-order valence-electron chi connectivity index (χ4n) is 0. The van der Waals surface area contributed by atoms with E-state index in [1.165, 1.54) is 0 Å². The van der Waals surface area contributed by atoms with Crippen molar-refractivity contribution in [3.05, 3.63) is 0 Å². The monoisotopic (exact) mass is 114 g/mol. The molecular formula is C2H5F3Si. The summed E-state index contributed by atoms with van der Waals surface area (Å²) in [4.78, 5) is 0. The third-order valence-electron chi connectivity index (χ3n) is 0.347. The van der Waals surface area contributed by atoms with Crippen LogP contribution in [0.15, 0.2) is 0 Å². The minimum Gasteiger partial charge on any atom is -0.246 e. The van der Waals surface area contributed by atoms with Crippen molar-refractivity contribution in [1.29, 1.82) is 0 Å². The van der Waals surface area contributed by atoms with Crippen molar-refractivity contribution in [1.82, 2.24) is 0 Å². The molecule has 0 aliphatic heterocycles. The smallest absolute Gasteiger partial charge is 0.246 e. The van der Waals surface area contributed by atoms with Crippen molar-refractivity contribution in [2.45, 2.75) is 12.2 Å². The SMILES string of the molecule is FC(F)C(F)[SiH3]. The van der Waals surface area contributed by atoms with Crippen molar-refractivity contribution >= 4 is 10.2 Å². The van der Waals surface area contributed by atoms with Gasteiger partial charge in [0.05, 0.1) is 10.2 Å². The molecule has 0 aromatic carbocycles. The zero-order chi connectivity index (χ0) is 5.15. The molecule has 0 saturated heterocycles. The zero-order valence-electron chi connectivity index (χ0n) is 3.29. The average Bonchev–Trinajstić information content (AvgIpc) is 1.36. The van der Waals surface area contributed by atoms with Gasteiger partial charge in [0.15, 0.2) is 0 Å². The molecule has 0 heterocycles. The van der Waals surface area contributed by atoms with Gasteiger partial charge in [0.2, 0.25) is 0 Å². The van der Waals surface area contributed by atoms with Gasteiger partial charge in [-0.2, -0.15) is 0 Å². The number of hydrogen-bond acceptors (Lipinski definition) is 0. The van der Waals surface area contributed by atoms with Crippen LogP contribution in [0.2, 0.25) is 0 Å². The second-order valence-corrected chi connectivity index (χ2v) is 2.12. The van der Waals surface area contributed by atoms with Crippen molar-refractivity contribution < 1.29 is 13.2 Å². The lowest BCUT2D eigenvalue weighted by atomic mass is 10.8. The summed E-state index contributed by atoms with van der Waals surface area (Å²) in [7, 11) is -0.0633. The van der Waals surface area contributed by atoms with Crippen molar-refractivity contribution in [3.63, 3.8) is 0 Å². The molecule has 1 atom stereocenters. The highest BCUT2D eigenvalue weighted by Gasteiger charge is 2.10. The quantitative estimate of drug-likeness (QED) is 0.418. The van der Waals surface area contributed by atoms with Crippen molar-refractivity contribution in [3.8, 4) is 0 Å². The van der Waals surface area contributed by atoms with Gasteiger partial charge in [-0.3, -0.25) is 0 Å². The lowest BCUT2D eigenvalue weighted by Crippen LogP contribution is -2.10. The van der Waals surface area contributed by atoms with Gasteiger partial charge in [0.1, 0.15) is 5.79 Å². The molecule has 0 amide bonds. The van der Waals surface area contributed by atoms with Gasteiger partial charge in [-0.25, -0.2) is 13.2 Å². The summed E-state index contributed by atoms with van der Waals surface area (Å²) < 4.78 is 32.8. The Labute approximate surface area is 36.8 Å². The average molecular weight is 114 g/mol. The van der Waals surface area contributed by atoms with Gasteiger partial charge in [-0.15, -0.1) is 0 Å². The van der Waals surface area contributed by atoms with E-state index in [9.17, 15) is 13.2 Å². The lowest BCUT2D eigenvalue weighted by molar-refractivity contribution is 0.0913. The molecule has 0 fully saturated rings. The summed E-state index contributed by atoms with van der Waals surface area (Å²) in [5, 5.41) is 0. The Kier molecular flexibility index (Phi) is 2.23. The molecule has 6 heavy (non-hydrogen) atoms. The van der Waals surface area contributed by atoms with Gasteiger partial charge in [-0.1, -0.05) is 0 Å². The second-order valence-electron chi connectivity index (χ2n) is 1.01. The molecule has 0 aliphatic carbocycles. The van der Waals surface area contributed by atoms with E-state index in [2.05, 4.69) is 0 Å². The van der Waals surface area contributed by atoms with Crippen LogP contribution in [0.1, 0.15) is 0 Å². The van der Waals surface area contributed by atoms with Gasteiger partial charge in [0.25, 0.3) is 6.43 Å². The topological polar surface area (TPSA) is 0 Å². The lowest BCUT2D eigenvalue weighted by Gasteiger charge is -1.93. The van der Waals surface area contributed by atoms with Gasteiger partial charge in [-0.05, 0) is 0 Å². The van der Waals surface area contributed by atoms with Crippen molar-refractivity contribution in [2.24, 2.45) is 0 Å². The zero-order valence-corrected chi connectivity index (χ0v) is 5.29. The van der Waals surface area contributed by atoms with Crippen LogP contribution in [0.5, 0.6) is 0 Å². The van der Waals surface area contributed by atoms with Crippen LogP contribution in [0.25, 0.3) is 0 Å². The van der Waals surface area contributed by atoms with E-state index in [1.54, 1.807) is 0 Å². The van der Waals surface area contributed by atoms with E-state index >= 15 is 0 Å². The molecular weight excluding hydrogens is 109 g/mol. The van der Waals surface area contributed by atoms with E-state index in [-0.39, 0.29) is 10.2 Å². The molecule has 4 heteroatoms. The van der Waals surface area contributed by atoms with Crippen LogP contribution < -0.4 is 0 Å². The Morgan fingerprint density at radius 1 is 1.17 bits per heavy atom. The first-order valence-corrected chi connectivity index (χ1v) is 2.72. The fourth-order valence-corrected chi connectivity index (χ4v) is 0. The first kappa shape index (κ1) is 6.01.